The summed E-state index contributed by atoms with van der Waals surface area (Å²) in [5.74, 6) is 0.559. The van der Waals surface area contributed by atoms with Crippen LogP contribution >= 0.6 is 22.6 Å². The Balaban J connectivity index is 1.93. The van der Waals surface area contributed by atoms with Crippen molar-refractivity contribution in [2.24, 2.45) is 0 Å². The zero-order valence-corrected chi connectivity index (χ0v) is 17.4. The summed E-state index contributed by atoms with van der Waals surface area (Å²) < 4.78 is 1.12. The van der Waals surface area contributed by atoms with Crippen molar-refractivity contribution in [2.45, 2.75) is 32.1 Å². The van der Waals surface area contributed by atoms with Crippen molar-refractivity contribution in [3.05, 3.63) is 88.0 Å². The van der Waals surface area contributed by atoms with E-state index in [4.69, 9.17) is 0 Å². The Kier molecular flexibility index (Phi) is 5.39. The Labute approximate surface area is 174 Å². The van der Waals surface area contributed by atoms with Crippen molar-refractivity contribution >= 4 is 28.2 Å². The summed E-state index contributed by atoms with van der Waals surface area (Å²) in [5.41, 5.74) is 9.38. The number of rotatable bonds is 6. The number of phenols is 2. The summed E-state index contributed by atoms with van der Waals surface area (Å²) in [4.78, 5) is 0. The van der Waals surface area contributed by atoms with E-state index in [1.807, 2.05) is 24.3 Å². The van der Waals surface area contributed by atoms with E-state index in [1.165, 1.54) is 29.6 Å². The Morgan fingerprint density at radius 2 is 1.44 bits per heavy atom. The average molecular weight is 470 g/mol. The predicted octanol–water partition coefficient (Wildman–Crippen LogP) is 6.54. The smallest absolute Gasteiger partial charge is 0.115 e. The van der Waals surface area contributed by atoms with Crippen molar-refractivity contribution in [1.82, 2.24) is 0 Å². The van der Waals surface area contributed by atoms with E-state index in [1.54, 1.807) is 35.4 Å². The lowest BCUT2D eigenvalue weighted by molar-refractivity contribution is 0.475. The van der Waals surface area contributed by atoms with Gasteiger partial charge in [-0.3, -0.25) is 0 Å². The SMILES string of the molecule is Oc1ccc(C(=C(CCCI)C2=C3CCC(=C2)C3)c2ccc(O)cc2)cc1. The van der Waals surface area contributed by atoms with Crippen LogP contribution in [-0.2, 0) is 0 Å². The fourth-order valence-electron chi connectivity index (χ4n) is 4.13. The van der Waals surface area contributed by atoms with Crippen LogP contribution in [0.5, 0.6) is 11.5 Å². The Bertz CT molecular complexity index is 884. The second kappa shape index (κ2) is 7.93. The van der Waals surface area contributed by atoms with Crippen molar-refractivity contribution < 1.29 is 10.2 Å². The van der Waals surface area contributed by atoms with Gasteiger partial charge in [0, 0.05) is 0 Å². The van der Waals surface area contributed by atoms with Gasteiger partial charge in [0.25, 0.3) is 0 Å². The molecule has 138 valence electrons. The first-order valence-electron chi connectivity index (χ1n) is 9.45. The van der Waals surface area contributed by atoms with Gasteiger partial charge in [0.2, 0.25) is 0 Å². The van der Waals surface area contributed by atoms with E-state index in [0.717, 1.165) is 34.8 Å². The maximum atomic E-state index is 9.75. The molecule has 2 aliphatic carbocycles. The summed E-state index contributed by atoms with van der Waals surface area (Å²) in [7, 11) is 0. The topological polar surface area (TPSA) is 40.5 Å². The van der Waals surface area contributed by atoms with Crippen molar-refractivity contribution in [3.63, 3.8) is 0 Å². The molecule has 0 heterocycles. The van der Waals surface area contributed by atoms with E-state index in [-0.39, 0.29) is 11.5 Å². The second-order valence-electron chi connectivity index (χ2n) is 7.24. The highest BCUT2D eigenvalue weighted by Gasteiger charge is 2.26. The molecule has 0 radical (unpaired) electrons. The van der Waals surface area contributed by atoms with E-state index >= 15 is 0 Å². The zero-order valence-electron chi connectivity index (χ0n) is 15.2. The molecule has 0 amide bonds. The van der Waals surface area contributed by atoms with Crippen LogP contribution in [0.3, 0.4) is 0 Å². The number of benzene rings is 2. The van der Waals surface area contributed by atoms with Crippen LogP contribution in [0.4, 0.5) is 0 Å². The quantitative estimate of drug-likeness (QED) is 0.372. The summed E-state index contributed by atoms with van der Waals surface area (Å²) in [6.07, 6.45) is 8.11. The molecule has 4 rings (SSSR count). The van der Waals surface area contributed by atoms with E-state index in [0.29, 0.717) is 0 Å². The lowest BCUT2D eigenvalue weighted by Crippen LogP contribution is -2.00. The molecule has 0 atom stereocenters. The molecule has 0 aromatic heterocycles. The fraction of sp³-hybridized carbons (Fsp3) is 0.250. The van der Waals surface area contributed by atoms with Gasteiger partial charge >= 0.3 is 0 Å². The minimum Gasteiger partial charge on any atom is -0.508 e. The van der Waals surface area contributed by atoms with Gasteiger partial charge in [0.05, 0.1) is 0 Å². The second-order valence-corrected chi connectivity index (χ2v) is 8.32. The standard InChI is InChI=1S/C24H23IO2/c25-13-1-2-22(23-15-16-3-4-19(23)14-16)24(17-5-9-20(26)10-6-17)18-7-11-21(27)12-8-18/h5-12,15,26-27H,1-4,13-14H2. The molecule has 2 aromatic rings. The number of aromatic hydroxyl groups is 2. The highest BCUT2D eigenvalue weighted by molar-refractivity contribution is 14.1. The number of fused-ring (bicyclic) bond motifs is 2. The maximum absolute atomic E-state index is 9.75. The fourth-order valence-corrected chi connectivity index (χ4v) is 4.51. The highest BCUT2D eigenvalue weighted by atomic mass is 127. The largest absolute Gasteiger partial charge is 0.508 e. The third kappa shape index (κ3) is 3.84. The lowest BCUT2D eigenvalue weighted by Gasteiger charge is -2.19. The van der Waals surface area contributed by atoms with Gasteiger partial charge in [-0.15, -0.1) is 0 Å². The van der Waals surface area contributed by atoms with Crippen LogP contribution in [0.2, 0.25) is 0 Å². The van der Waals surface area contributed by atoms with E-state index in [9.17, 15) is 10.2 Å². The number of allylic oxidation sites excluding steroid dienone is 5. The molecule has 2 aliphatic rings. The lowest BCUT2D eigenvalue weighted by atomic mass is 9.85. The molecule has 2 nitrogen and oxygen atoms in total. The summed E-state index contributed by atoms with van der Waals surface area (Å²) in [6, 6.07) is 15.0. The number of hydrogen-bond acceptors (Lipinski definition) is 2. The minimum atomic E-state index is 0.279. The van der Waals surface area contributed by atoms with Crippen LogP contribution in [0.1, 0.15) is 43.2 Å². The molecule has 1 saturated carbocycles. The molecular weight excluding hydrogens is 447 g/mol. The summed E-state index contributed by atoms with van der Waals surface area (Å²) >= 11 is 2.45. The van der Waals surface area contributed by atoms with Crippen LogP contribution in [-0.4, -0.2) is 14.6 Å². The van der Waals surface area contributed by atoms with Crippen molar-refractivity contribution in [1.29, 1.82) is 0 Å². The third-order valence-electron chi connectivity index (χ3n) is 5.42. The molecule has 1 fully saturated rings. The first kappa shape index (κ1) is 18.4. The Hall–Kier alpha value is -2.01. The van der Waals surface area contributed by atoms with Gasteiger partial charge < -0.3 is 10.2 Å². The molecule has 2 N–H and O–H groups in total. The number of alkyl halides is 1. The zero-order chi connectivity index (χ0) is 18.8. The number of hydrogen-bond donors (Lipinski definition) is 2. The number of phenolic OH excluding ortho intramolecular Hbond substituents is 2. The first-order chi connectivity index (χ1) is 13.2. The molecule has 0 spiro atoms. The number of halogens is 1. The normalized spacial score (nSPS) is 15.2. The monoisotopic (exact) mass is 470 g/mol. The van der Waals surface area contributed by atoms with Gasteiger partial charge in [-0.05, 0) is 88.6 Å². The molecule has 0 saturated heterocycles. The maximum Gasteiger partial charge on any atom is 0.115 e. The Morgan fingerprint density at radius 3 is 1.89 bits per heavy atom. The van der Waals surface area contributed by atoms with Gasteiger partial charge in [-0.25, -0.2) is 0 Å². The van der Waals surface area contributed by atoms with E-state index in [2.05, 4.69) is 28.7 Å². The minimum absolute atomic E-state index is 0.279. The first-order valence-corrected chi connectivity index (χ1v) is 11.0. The van der Waals surface area contributed by atoms with Crippen molar-refractivity contribution in [2.75, 3.05) is 4.43 Å². The average Bonchev–Trinajstić information content (AvgIpc) is 3.31. The van der Waals surface area contributed by atoms with Crippen LogP contribution in [0, 0.1) is 0 Å². The van der Waals surface area contributed by atoms with Crippen LogP contribution in [0.15, 0.2) is 76.9 Å². The Morgan fingerprint density at radius 1 is 0.852 bits per heavy atom. The third-order valence-corrected chi connectivity index (χ3v) is 6.18. The molecular formula is C24H23IO2. The van der Waals surface area contributed by atoms with Crippen molar-refractivity contribution in [3.8, 4) is 11.5 Å². The molecule has 3 heteroatoms. The van der Waals surface area contributed by atoms with Gasteiger partial charge in [-0.2, -0.15) is 0 Å². The van der Waals surface area contributed by atoms with Crippen LogP contribution in [0.25, 0.3) is 5.57 Å². The summed E-state index contributed by atoms with van der Waals surface area (Å²) in [6.45, 7) is 0. The van der Waals surface area contributed by atoms with Gasteiger partial charge in [-0.1, -0.05) is 64.1 Å². The molecule has 2 aromatic carbocycles. The molecule has 0 aliphatic heterocycles. The van der Waals surface area contributed by atoms with E-state index < -0.39 is 0 Å². The summed E-state index contributed by atoms with van der Waals surface area (Å²) in [5, 5.41) is 19.5. The molecule has 0 unspecified atom stereocenters. The van der Waals surface area contributed by atoms with Crippen LogP contribution < -0.4 is 0 Å². The van der Waals surface area contributed by atoms with Gasteiger partial charge in [0.15, 0.2) is 0 Å². The molecule has 27 heavy (non-hydrogen) atoms. The van der Waals surface area contributed by atoms with Gasteiger partial charge in [0.1, 0.15) is 11.5 Å². The predicted molar refractivity (Wildman–Crippen MR) is 119 cm³/mol. The molecule has 2 bridgehead atoms. The highest BCUT2D eigenvalue weighted by Crippen LogP contribution is 2.45.